The highest BCUT2D eigenvalue weighted by molar-refractivity contribution is 9.10. The number of aliphatic hydroxyl groups is 1. The third kappa shape index (κ3) is 3.10. The summed E-state index contributed by atoms with van der Waals surface area (Å²) in [5.74, 6) is 0. The minimum atomic E-state index is -0.593. The number of aliphatic hydroxyl groups excluding tert-OH is 1. The van der Waals surface area contributed by atoms with Crippen LogP contribution in [0.1, 0.15) is 33.9 Å². The molecule has 0 fully saturated rings. The Morgan fingerprint density at radius 3 is 2.16 bits per heavy atom. The van der Waals surface area contributed by atoms with Crippen molar-refractivity contribution < 1.29 is 5.11 Å². The summed E-state index contributed by atoms with van der Waals surface area (Å²) in [7, 11) is 0. The van der Waals surface area contributed by atoms with E-state index in [0.717, 1.165) is 36.8 Å². The predicted molar refractivity (Wildman–Crippen MR) is 86.6 cm³/mol. The molecule has 0 saturated heterocycles. The molecule has 1 N–H and O–H groups in total. The van der Waals surface area contributed by atoms with Crippen LogP contribution in [0, 0.1) is 20.8 Å². The van der Waals surface area contributed by atoms with Gasteiger partial charge in [0.2, 0.25) is 0 Å². The van der Waals surface area contributed by atoms with Crippen molar-refractivity contribution in [3.8, 4) is 0 Å². The standard InChI is InChI=1S/C16H16Br2O/c1-9-4-5-12(17)8-14(9)16(19)13-6-11(3)15(18)7-10(13)2/h4-8,16,19H,1-3H3. The molecule has 100 valence electrons. The van der Waals surface area contributed by atoms with Crippen LogP contribution < -0.4 is 0 Å². The summed E-state index contributed by atoms with van der Waals surface area (Å²) in [6.07, 6.45) is -0.593. The molecule has 1 nitrogen and oxygen atoms in total. The van der Waals surface area contributed by atoms with Gasteiger partial charge in [-0.15, -0.1) is 0 Å². The lowest BCUT2D eigenvalue weighted by Crippen LogP contribution is -2.05. The van der Waals surface area contributed by atoms with Gasteiger partial charge in [0.1, 0.15) is 6.10 Å². The molecule has 0 heterocycles. The lowest BCUT2D eigenvalue weighted by atomic mass is 9.93. The van der Waals surface area contributed by atoms with Crippen molar-refractivity contribution in [2.75, 3.05) is 0 Å². The van der Waals surface area contributed by atoms with E-state index in [0.29, 0.717) is 0 Å². The van der Waals surface area contributed by atoms with E-state index in [9.17, 15) is 5.11 Å². The average molecular weight is 384 g/mol. The van der Waals surface area contributed by atoms with Crippen LogP contribution in [0.4, 0.5) is 0 Å². The zero-order chi connectivity index (χ0) is 14.2. The van der Waals surface area contributed by atoms with Gasteiger partial charge in [-0.25, -0.2) is 0 Å². The van der Waals surface area contributed by atoms with Gasteiger partial charge >= 0.3 is 0 Å². The summed E-state index contributed by atoms with van der Waals surface area (Å²) >= 11 is 6.99. The number of rotatable bonds is 2. The number of benzene rings is 2. The van der Waals surface area contributed by atoms with Crippen LogP contribution in [0.2, 0.25) is 0 Å². The SMILES string of the molecule is Cc1cc(C(O)c2cc(Br)ccc2C)c(C)cc1Br. The average Bonchev–Trinajstić information content (AvgIpc) is 2.36. The summed E-state index contributed by atoms with van der Waals surface area (Å²) in [4.78, 5) is 0. The van der Waals surface area contributed by atoms with E-state index in [1.165, 1.54) is 0 Å². The Balaban J connectivity index is 2.52. The van der Waals surface area contributed by atoms with Crippen LogP contribution in [0.25, 0.3) is 0 Å². The van der Waals surface area contributed by atoms with Gasteiger partial charge in [0, 0.05) is 8.95 Å². The molecule has 0 aromatic heterocycles. The lowest BCUT2D eigenvalue weighted by molar-refractivity contribution is 0.218. The van der Waals surface area contributed by atoms with Gasteiger partial charge in [-0.2, -0.15) is 0 Å². The lowest BCUT2D eigenvalue weighted by Gasteiger charge is -2.18. The second-order valence-electron chi connectivity index (χ2n) is 4.86. The highest BCUT2D eigenvalue weighted by atomic mass is 79.9. The summed E-state index contributed by atoms with van der Waals surface area (Å²) in [6, 6.07) is 10.1. The maximum atomic E-state index is 10.7. The van der Waals surface area contributed by atoms with E-state index >= 15 is 0 Å². The van der Waals surface area contributed by atoms with Gasteiger partial charge in [-0.05, 0) is 66.8 Å². The minimum Gasteiger partial charge on any atom is -0.384 e. The Morgan fingerprint density at radius 1 is 0.842 bits per heavy atom. The molecule has 0 spiro atoms. The van der Waals surface area contributed by atoms with E-state index in [1.807, 2.05) is 45.0 Å². The fourth-order valence-electron chi connectivity index (χ4n) is 2.17. The van der Waals surface area contributed by atoms with Crippen molar-refractivity contribution >= 4 is 31.9 Å². The van der Waals surface area contributed by atoms with Crippen molar-refractivity contribution in [3.05, 3.63) is 67.1 Å². The van der Waals surface area contributed by atoms with Crippen LogP contribution in [0.15, 0.2) is 39.3 Å². The molecular formula is C16H16Br2O. The van der Waals surface area contributed by atoms with E-state index in [1.54, 1.807) is 0 Å². The monoisotopic (exact) mass is 382 g/mol. The molecule has 0 aliphatic carbocycles. The van der Waals surface area contributed by atoms with E-state index in [-0.39, 0.29) is 0 Å². The maximum Gasteiger partial charge on any atom is 0.105 e. The largest absolute Gasteiger partial charge is 0.384 e. The van der Waals surface area contributed by atoms with E-state index in [4.69, 9.17) is 0 Å². The number of halogens is 2. The van der Waals surface area contributed by atoms with Gasteiger partial charge in [-0.3, -0.25) is 0 Å². The topological polar surface area (TPSA) is 20.2 Å². The Hall–Kier alpha value is -0.640. The third-order valence-electron chi connectivity index (χ3n) is 3.38. The first-order chi connectivity index (χ1) is 8.90. The highest BCUT2D eigenvalue weighted by Crippen LogP contribution is 2.32. The van der Waals surface area contributed by atoms with Crippen molar-refractivity contribution in [3.63, 3.8) is 0 Å². The molecule has 0 aliphatic rings. The van der Waals surface area contributed by atoms with Gasteiger partial charge in [0.25, 0.3) is 0 Å². The van der Waals surface area contributed by atoms with E-state index < -0.39 is 6.10 Å². The van der Waals surface area contributed by atoms with E-state index in [2.05, 4.69) is 37.9 Å². The Morgan fingerprint density at radius 2 is 1.47 bits per heavy atom. The Kier molecular flexibility index (Phi) is 4.49. The third-order valence-corrected chi connectivity index (χ3v) is 4.73. The molecule has 0 saturated carbocycles. The molecule has 2 rings (SSSR count). The summed E-state index contributed by atoms with van der Waals surface area (Å²) in [5, 5.41) is 10.7. The summed E-state index contributed by atoms with van der Waals surface area (Å²) in [5.41, 5.74) is 5.22. The molecule has 0 bridgehead atoms. The number of aryl methyl sites for hydroxylation is 3. The highest BCUT2D eigenvalue weighted by Gasteiger charge is 2.16. The fourth-order valence-corrected chi connectivity index (χ4v) is 3.01. The summed E-state index contributed by atoms with van der Waals surface area (Å²) in [6.45, 7) is 6.08. The zero-order valence-electron chi connectivity index (χ0n) is 11.2. The van der Waals surface area contributed by atoms with Crippen molar-refractivity contribution in [2.24, 2.45) is 0 Å². The van der Waals surface area contributed by atoms with Gasteiger partial charge < -0.3 is 5.11 Å². The normalized spacial score (nSPS) is 12.5. The van der Waals surface area contributed by atoms with Crippen molar-refractivity contribution in [1.82, 2.24) is 0 Å². The van der Waals surface area contributed by atoms with Crippen molar-refractivity contribution in [1.29, 1.82) is 0 Å². The minimum absolute atomic E-state index is 0.593. The molecule has 0 amide bonds. The molecule has 2 aromatic carbocycles. The second kappa shape index (κ2) is 5.78. The summed E-state index contributed by atoms with van der Waals surface area (Å²) < 4.78 is 2.06. The first kappa shape index (κ1) is 14.8. The van der Waals surface area contributed by atoms with Crippen LogP contribution in [0.3, 0.4) is 0 Å². The van der Waals surface area contributed by atoms with Crippen LogP contribution in [-0.2, 0) is 0 Å². The molecule has 0 radical (unpaired) electrons. The smallest absolute Gasteiger partial charge is 0.105 e. The quantitative estimate of drug-likeness (QED) is 0.753. The molecular weight excluding hydrogens is 368 g/mol. The van der Waals surface area contributed by atoms with Gasteiger partial charge in [0.15, 0.2) is 0 Å². The maximum absolute atomic E-state index is 10.7. The number of hydrogen-bond donors (Lipinski definition) is 1. The number of hydrogen-bond acceptors (Lipinski definition) is 1. The molecule has 2 aromatic rings. The van der Waals surface area contributed by atoms with Crippen LogP contribution >= 0.6 is 31.9 Å². The molecule has 3 heteroatoms. The molecule has 1 atom stereocenters. The van der Waals surface area contributed by atoms with Crippen molar-refractivity contribution in [2.45, 2.75) is 26.9 Å². The zero-order valence-corrected chi connectivity index (χ0v) is 14.3. The van der Waals surface area contributed by atoms with Crippen LogP contribution in [0.5, 0.6) is 0 Å². The van der Waals surface area contributed by atoms with Crippen LogP contribution in [-0.4, -0.2) is 5.11 Å². The Labute approximate surface area is 130 Å². The fraction of sp³-hybridized carbons (Fsp3) is 0.250. The second-order valence-corrected chi connectivity index (χ2v) is 6.63. The van der Waals surface area contributed by atoms with Gasteiger partial charge in [0.05, 0.1) is 0 Å². The first-order valence-corrected chi connectivity index (χ1v) is 7.69. The Bertz CT molecular complexity index is 620. The predicted octanol–water partition coefficient (Wildman–Crippen LogP) is 5.22. The molecule has 1 unspecified atom stereocenters. The van der Waals surface area contributed by atoms with Gasteiger partial charge in [-0.1, -0.05) is 44.0 Å². The molecule has 0 aliphatic heterocycles. The first-order valence-electron chi connectivity index (χ1n) is 6.11. The molecule has 19 heavy (non-hydrogen) atoms.